The van der Waals surface area contributed by atoms with Crippen LogP contribution in [0.15, 0.2) is 103 Å². The van der Waals surface area contributed by atoms with E-state index in [4.69, 9.17) is 9.47 Å². The van der Waals surface area contributed by atoms with Crippen LogP contribution >= 0.6 is 11.8 Å². The van der Waals surface area contributed by atoms with Crippen LogP contribution in [0.25, 0.3) is 21.5 Å². The summed E-state index contributed by atoms with van der Waals surface area (Å²) in [6, 6.07) is 22.4. The zero-order chi connectivity index (χ0) is 29.2. The Balaban J connectivity index is 1.33. The fourth-order valence-electron chi connectivity index (χ4n) is 3.93. The minimum atomic E-state index is -1.13. The predicted octanol–water partition coefficient (Wildman–Crippen LogP) is 7.18. The number of thioether (sulfide) groups is 1. The summed E-state index contributed by atoms with van der Waals surface area (Å²) >= 11 is 1.12. The van der Waals surface area contributed by atoms with Crippen LogP contribution in [0.3, 0.4) is 0 Å². The third-order valence-electron chi connectivity index (χ3n) is 5.88. The third kappa shape index (κ3) is 8.18. The van der Waals surface area contributed by atoms with Gasteiger partial charge in [-0.15, -0.1) is 0 Å². The number of ether oxygens (including phenoxy) is 4. The van der Waals surface area contributed by atoms with E-state index in [1.165, 1.54) is 0 Å². The van der Waals surface area contributed by atoms with Crippen molar-refractivity contribution in [3.05, 3.63) is 104 Å². The number of benzene rings is 4. The molecule has 41 heavy (non-hydrogen) atoms. The Morgan fingerprint density at radius 2 is 1.46 bits per heavy atom. The molecule has 4 rings (SSSR count). The molecular weight excluding hydrogens is 547 g/mol. The summed E-state index contributed by atoms with van der Waals surface area (Å²) in [7, 11) is 0. The molecule has 0 aromatic heterocycles. The van der Waals surface area contributed by atoms with Crippen LogP contribution in [0.5, 0.6) is 11.5 Å². The van der Waals surface area contributed by atoms with Crippen LogP contribution in [0.1, 0.15) is 23.2 Å². The largest absolute Gasteiger partial charge is 0.493 e. The second-order valence-electron chi connectivity index (χ2n) is 8.74. The SMILES string of the molecule is C=COC(=O)CCOc1ccc2c(ccc3cc(C(=O)Sc4ccc(OCCCOC(=O)C(=C)F)cc4)ccc32)c1. The zero-order valence-corrected chi connectivity index (χ0v) is 22.9. The highest BCUT2D eigenvalue weighted by molar-refractivity contribution is 8.14. The standard InChI is InChI=1S/C32H27FO7S/c1-3-37-30(34)15-18-39-26-10-14-29-23(20-26)6-5-22-19-24(7-13-28(22)29)32(36)41-27-11-8-25(9-12-27)38-16-4-17-40-31(35)21(2)33/h3,5-14,19-20H,1-2,4,15-18H2. The topological polar surface area (TPSA) is 88.1 Å². The lowest BCUT2D eigenvalue weighted by Gasteiger charge is -2.10. The molecule has 4 aromatic rings. The number of hydrogen-bond donors (Lipinski definition) is 0. The summed E-state index contributed by atoms with van der Waals surface area (Å²) in [5.41, 5.74) is 0.582. The van der Waals surface area contributed by atoms with Gasteiger partial charge < -0.3 is 18.9 Å². The van der Waals surface area contributed by atoms with Crippen molar-refractivity contribution >= 4 is 50.4 Å². The Bertz CT molecular complexity index is 1600. The van der Waals surface area contributed by atoms with Crippen LogP contribution in [0.4, 0.5) is 4.39 Å². The lowest BCUT2D eigenvalue weighted by Crippen LogP contribution is -2.08. The van der Waals surface area contributed by atoms with Gasteiger partial charge in [0.1, 0.15) is 11.5 Å². The third-order valence-corrected chi connectivity index (χ3v) is 6.81. The van der Waals surface area contributed by atoms with Crippen molar-refractivity contribution in [2.45, 2.75) is 17.7 Å². The van der Waals surface area contributed by atoms with Crippen molar-refractivity contribution in [1.82, 2.24) is 0 Å². The number of carbonyl (C=O) groups excluding carboxylic acids is 3. The van der Waals surface area contributed by atoms with E-state index in [0.29, 0.717) is 23.5 Å². The van der Waals surface area contributed by atoms with Gasteiger partial charge in [0.25, 0.3) is 0 Å². The predicted molar refractivity (Wildman–Crippen MR) is 156 cm³/mol. The van der Waals surface area contributed by atoms with Gasteiger partial charge in [-0.2, -0.15) is 4.39 Å². The van der Waals surface area contributed by atoms with Crippen molar-refractivity contribution in [2.75, 3.05) is 19.8 Å². The maximum absolute atomic E-state index is 13.0. The first-order valence-electron chi connectivity index (χ1n) is 12.7. The Labute approximate surface area is 240 Å². The first-order valence-corrected chi connectivity index (χ1v) is 13.5. The minimum Gasteiger partial charge on any atom is -0.493 e. The van der Waals surface area contributed by atoms with E-state index in [1.54, 1.807) is 24.3 Å². The van der Waals surface area contributed by atoms with E-state index in [2.05, 4.69) is 22.6 Å². The molecule has 4 aromatic carbocycles. The normalized spacial score (nSPS) is 10.7. The van der Waals surface area contributed by atoms with Crippen molar-refractivity contribution in [3.63, 3.8) is 0 Å². The average Bonchev–Trinajstić information content (AvgIpc) is 2.97. The van der Waals surface area contributed by atoms with E-state index in [9.17, 15) is 18.8 Å². The molecule has 0 amide bonds. The Morgan fingerprint density at radius 1 is 0.805 bits per heavy atom. The number of halogens is 1. The lowest BCUT2D eigenvalue weighted by molar-refractivity contribution is -0.141. The molecule has 0 atom stereocenters. The van der Waals surface area contributed by atoms with Crippen molar-refractivity contribution in [3.8, 4) is 11.5 Å². The van der Waals surface area contributed by atoms with Crippen LogP contribution in [-0.4, -0.2) is 36.9 Å². The highest BCUT2D eigenvalue weighted by atomic mass is 32.2. The van der Waals surface area contributed by atoms with Gasteiger partial charge in [0.2, 0.25) is 10.9 Å². The summed E-state index contributed by atoms with van der Waals surface area (Å²) in [4.78, 5) is 36.2. The quantitative estimate of drug-likeness (QED) is 0.0415. The molecule has 0 fully saturated rings. The van der Waals surface area contributed by atoms with E-state index in [1.807, 2.05) is 48.5 Å². The van der Waals surface area contributed by atoms with Gasteiger partial charge in [-0.1, -0.05) is 37.4 Å². The van der Waals surface area contributed by atoms with Gasteiger partial charge in [-0.05, 0) is 81.8 Å². The molecule has 0 spiro atoms. The van der Waals surface area contributed by atoms with Crippen molar-refractivity contribution in [2.24, 2.45) is 0 Å². The van der Waals surface area contributed by atoms with Gasteiger partial charge in [-0.3, -0.25) is 9.59 Å². The van der Waals surface area contributed by atoms with Gasteiger partial charge in [0, 0.05) is 16.9 Å². The van der Waals surface area contributed by atoms with Gasteiger partial charge >= 0.3 is 11.9 Å². The summed E-state index contributed by atoms with van der Waals surface area (Å²) in [5.74, 6) is -1.36. The second-order valence-corrected chi connectivity index (χ2v) is 9.79. The highest BCUT2D eigenvalue weighted by Crippen LogP contribution is 2.31. The molecule has 0 aliphatic heterocycles. The number of hydrogen-bond acceptors (Lipinski definition) is 8. The summed E-state index contributed by atoms with van der Waals surface area (Å²) in [5, 5.41) is 3.86. The molecule has 9 heteroatoms. The Kier molecular flexibility index (Phi) is 10.1. The van der Waals surface area contributed by atoms with Crippen molar-refractivity contribution < 1.29 is 37.7 Å². The maximum Gasteiger partial charge on any atom is 0.366 e. The molecule has 0 heterocycles. The first kappa shape index (κ1) is 29.4. The molecular formula is C32H27FO7S. The van der Waals surface area contributed by atoms with Crippen LogP contribution < -0.4 is 9.47 Å². The lowest BCUT2D eigenvalue weighted by atomic mass is 10.0. The first-order chi connectivity index (χ1) is 19.8. The molecule has 0 unspecified atom stereocenters. The molecule has 0 saturated heterocycles. The fraction of sp³-hybridized carbons (Fsp3) is 0.156. The van der Waals surface area contributed by atoms with E-state index < -0.39 is 17.8 Å². The van der Waals surface area contributed by atoms with Crippen LogP contribution in [0, 0.1) is 0 Å². The fourth-order valence-corrected chi connectivity index (χ4v) is 4.66. The van der Waals surface area contributed by atoms with Crippen LogP contribution in [-0.2, 0) is 19.1 Å². The van der Waals surface area contributed by atoms with E-state index in [0.717, 1.165) is 44.5 Å². The molecule has 0 saturated carbocycles. The Hall–Kier alpha value is -4.63. The number of rotatable bonds is 13. The number of carbonyl (C=O) groups is 3. The molecule has 7 nitrogen and oxygen atoms in total. The van der Waals surface area contributed by atoms with Gasteiger partial charge in [-0.25, -0.2) is 4.79 Å². The zero-order valence-electron chi connectivity index (χ0n) is 22.1. The molecule has 210 valence electrons. The average molecular weight is 575 g/mol. The number of esters is 2. The Morgan fingerprint density at radius 3 is 2.17 bits per heavy atom. The second kappa shape index (κ2) is 14.1. The molecule has 0 bridgehead atoms. The molecule has 0 N–H and O–H groups in total. The summed E-state index contributed by atoms with van der Waals surface area (Å²) in [6.45, 7) is 6.74. The van der Waals surface area contributed by atoms with Crippen molar-refractivity contribution in [1.29, 1.82) is 0 Å². The maximum atomic E-state index is 13.0. The molecule has 0 aliphatic carbocycles. The molecule has 0 aliphatic rings. The summed E-state index contributed by atoms with van der Waals surface area (Å²) < 4.78 is 33.2. The van der Waals surface area contributed by atoms with Gasteiger partial charge in [0.05, 0.1) is 32.5 Å². The van der Waals surface area contributed by atoms with E-state index >= 15 is 0 Å². The smallest absolute Gasteiger partial charge is 0.366 e. The number of fused-ring (bicyclic) bond motifs is 3. The molecule has 0 radical (unpaired) electrons. The minimum absolute atomic E-state index is 0.0251. The monoisotopic (exact) mass is 574 g/mol. The van der Waals surface area contributed by atoms with Crippen LogP contribution in [0.2, 0.25) is 0 Å². The summed E-state index contributed by atoms with van der Waals surface area (Å²) in [6.07, 6.45) is 1.61. The highest BCUT2D eigenvalue weighted by Gasteiger charge is 2.12. The van der Waals surface area contributed by atoms with E-state index in [-0.39, 0.29) is 31.4 Å². The van der Waals surface area contributed by atoms with Gasteiger partial charge in [0.15, 0.2) is 0 Å².